The first-order chi connectivity index (χ1) is 11.9. The maximum Gasteiger partial charge on any atom is 0.405 e. The van der Waals surface area contributed by atoms with Gasteiger partial charge in [0.1, 0.15) is 24.5 Å². The Kier molecular flexibility index (Phi) is 4.79. The number of halogens is 3. The van der Waals surface area contributed by atoms with Crippen molar-refractivity contribution >= 4 is 17.5 Å². The number of rotatable bonds is 4. The van der Waals surface area contributed by atoms with E-state index >= 15 is 0 Å². The van der Waals surface area contributed by atoms with E-state index in [1.165, 1.54) is 24.7 Å². The lowest BCUT2D eigenvalue weighted by Gasteiger charge is -2.18. The number of nitrogens with one attached hydrogen (secondary N) is 3. The van der Waals surface area contributed by atoms with Gasteiger partial charge in [0.05, 0.1) is 11.3 Å². The maximum absolute atomic E-state index is 12.1. The largest absolute Gasteiger partial charge is 0.405 e. The van der Waals surface area contributed by atoms with E-state index in [0.717, 1.165) is 24.2 Å². The number of amides is 1. The number of aromatic nitrogens is 3. The summed E-state index contributed by atoms with van der Waals surface area (Å²) in [6, 6.07) is 2.91. The first-order valence-electron chi connectivity index (χ1n) is 7.54. The van der Waals surface area contributed by atoms with Gasteiger partial charge in [-0.25, -0.2) is 15.0 Å². The first-order valence-corrected chi connectivity index (χ1v) is 7.54. The Labute approximate surface area is 141 Å². The molecule has 0 saturated carbocycles. The second-order valence-corrected chi connectivity index (χ2v) is 5.43. The van der Waals surface area contributed by atoms with Crippen LogP contribution in [0.15, 0.2) is 24.7 Å². The van der Waals surface area contributed by atoms with Crippen LogP contribution in [0.25, 0.3) is 0 Å². The molecule has 0 aromatic carbocycles. The van der Waals surface area contributed by atoms with Gasteiger partial charge < -0.3 is 16.0 Å². The molecule has 0 unspecified atom stereocenters. The Morgan fingerprint density at radius 1 is 1.24 bits per heavy atom. The number of carbonyl (C=O) groups excluding carboxylic acids is 1. The van der Waals surface area contributed by atoms with Crippen LogP contribution in [-0.2, 0) is 13.0 Å². The highest BCUT2D eigenvalue weighted by molar-refractivity contribution is 5.94. The Hall–Kier alpha value is -2.75. The van der Waals surface area contributed by atoms with Gasteiger partial charge in [0, 0.05) is 18.3 Å². The van der Waals surface area contributed by atoms with Gasteiger partial charge in [0.25, 0.3) is 5.91 Å². The number of anilines is 2. The van der Waals surface area contributed by atoms with Gasteiger partial charge in [-0.1, -0.05) is 0 Å². The van der Waals surface area contributed by atoms with E-state index in [1.807, 2.05) is 0 Å². The van der Waals surface area contributed by atoms with Crippen molar-refractivity contribution in [3.8, 4) is 0 Å². The normalized spacial score (nSPS) is 13.9. The maximum atomic E-state index is 12.1. The third kappa shape index (κ3) is 4.41. The van der Waals surface area contributed by atoms with Gasteiger partial charge in [-0.2, -0.15) is 13.2 Å². The summed E-state index contributed by atoms with van der Waals surface area (Å²) in [6.45, 7) is 0.103. The Morgan fingerprint density at radius 2 is 2.08 bits per heavy atom. The van der Waals surface area contributed by atoms with Gasteiger partial charge in [-0.05, 0) is 25.1 Å². The van der Waals surface area contributed by atoms with Gasteiger partial charge in [-0.15, -0.1) is 0 Å². The van der Waals surface area contributed by atoms with Crippen molar-refractivity contribution in [3.05, 3.63) is 41.5 Å². The summed E-state index contributed by atoms with van der Waals surface area (Å²) in [5.41, 5.74) is 1.95. The SMILES string of the molecule is O=C(NCC(F)(F)F)c1ccc(Nc2ncnc3c2CCNC3)nc1. The van der Waals surface area contributed by atoms with Gasteiger partial charge >= 0.3 is 6.18 Å². The predicted molar refractivity (Wildman–Crippen MR) is 83.4 cm³/mol. The minimum Gasteiger partial charge on any atom is -0.343 e. The van der Waals surface area contributed by atoms with E-state index in [2.05, 4.69) is 25.6 Å². The van der Waals surface area contributed by atoms with E-state index in [-0.39, 0.29) is 5.56 Å². The van der Waals surface area contributed by atoms with E-state index < -0.39 is 18.6 Å². The van der Waals surface area contributed by atoms with Crippen LogP contribution in [0, 0.1) is 0 Å². The Bertz CT molecular complexity index is 763. The molecule has 0 aliphatic carbocycles. The van der Waals surface area contributed by atoms with Crippen LogP contribution in [0.5, 0.6) is 0 Å². The number of hydrogen-bond donors (Lipinski definition) is 3. The lowest BCUT2D eigenvalue weighted by molar-refractivity contribution is -0.123. The fraction of sp³-hybridized carbons (Fsp3) is 0.333. The van der Waals surface area contributed by atoms with Crippen LogP contribution >= 0.6 is 0 Å². The van der Waals surface area contributed by atoms with E-state index in [9.17, 15) is 18.0 Å². The number of alkyl halides is 3. The highest BCUT2D eigenvalue weighted by Crippen LogP contribution is 2.21. The average molecular weight is 352 g/mol. The lowest BCUT2D eigenvalue weighted by atomic mass is 10.1. The highest BCUT2D eigenvalue weighted by Gasteiger charge is 2.28. The first kappa shape index (κ1) is 17.1. The number of carbonyl (C=O) groups is 1. The molecule has 1 aliphatic rings. The van der Waals surface area contributed by atoms with Crippen molar-refractivity contribution in [1.29, 1.82) is 0 Å². The summed E-state index contributed by atoms with van der Waals surface area (Å²) in [5.74, 6) is 0.238. The van der Waals surface area contributed by atoms with Crippen molar-refractivity contribution in [1.82, 2.24) is 25.6 Å². The molecule has 2 aromatic heterocycles. The fourth-order valence-electron chi connectivity index (χ4n) is 2.40. The summed E-state index contributed by atoms with van der Waals surface area (Å²) >= 11 is 0. The summed E-state index contributed by atoms with van der Waals surface area (Å²) in [6.07, 6.45) is -1.02. The molecule has 3 N–H and O–H groups in total. The smallest absolute Gasteiger partial charge is 0.343 e. The van der Waals surface area contributed by atoms with E-state index in [4.69, 9.17) is 0 Å². The molecule has 25 heavy (non-hydrogen) atoms. The van der Waals surface area contributed by atoms with Crippen LogP contribution in [-0.4, -0.2) is 40.1 Å². The molecule has 0 bridgehead atoms. The highest BCUT2D eigenvalue weighted by atomic mass is 19.4. The second-order valence-electron chi connectivity index (χ2n) is 5.43. The van der Waals surface area contributed by atoms with E-state index in [0.29, 0.717) is 18.2 Å². The molecule has 0 spiro atoms. The molecule has 7 nitrogen and oxygen atoms in total. The van der Waals surface area contributed by atoms with Crippen LogP contribution in [0.2, 0.25) is 0 Å². The van der Waals surface area contributed by atoms with Crippen LogP contribution in [0.1, 0.15) is 21.6 Å². The molecule has 2 aromatic rings. The summed E-state index contributed by atoms with van der Waals surface area (Å²) in [7, 11) is 0. The topological polar surface area (TPSA) is 91.8 Å². The fourth-order valence-corrected chi connectivity index (χ4v) is 2.40. The number of fused-ring (bicyclic) bond motifs is 1. The Morgan fingerprint density at radius 3 is 2.80 bits per heavy atom. The average Bonchev–Trinajstić information content (AvgIpc) is 2.60. The van der Waals surface area contributed by atoms with Crippen molar-refractivity contribution < 1.29 is 18.0 Å². The zero-order valence-electron chi connectivity index (χ0n) is 13.0. The number of hydrogen-bond acceptors (Lipinski definition) is 6. The minimum absolute atomic E-state index is 0.0451. The van der Waals surface area contributed by atoms with Crippen molar-refractivity contribution in [3.63, 3.8) is 0 Å². The zero-order valence-corrected chi connectivity index (χ0v) is 13.0. The van der Waals surface area contributed by atoms with Gasteiger partial charge in [-0.3, -0.25) is 4.79 Å². The molecule has 0 atom stereocenters. The molecular formula is C15H15F3N6O. The lowest BCUT2D eigenvalue weighted by Crippen LogP contribution is -2.33. The monoisotopic (exact) mass is 352 g/mol. The van der Waals surface area contributed by atoms with Crippen molar-refractivity contribution in [2.45, 2.75) is 19.1 Å². The summed E-state index contributed by atoms with van der Waals surface area (Å²) < 4.78 is 36.4. The molecule has 3 heterocycles. The molecule has 0 fully saturated rings. The minimum atomic E-state index is -4.45. The third-order valence-electron chi connectivity index (χ3n) is 3.60. The molecule has 132 valence electrons. The summed E-state index contributed by atoms with van der Waals surface area (Å²) in [5, 5.41) is 8.07. The van der Waals surface area contributed by atoms with Crippen LogP contribution in [0.4, 0.5) is 24.8 Å². The van der Waals surface area contributed by atoms with Crippen LogP contribution in [0.3, 0.4) is 0 Å². The quantitative estimate of drug-likeness (QED) is 0.773. The molecule has 0 saturated heterocycles. The number of pyridine rings is 1. The predicted octanol–water partition coefficient (Wildman–Crippen LogP) is 1.55. The standard InChI is InChI=1S/C15H15F3N6O/c16-15(17,18)7-21-14(25)9-1-2-12(20-5-9)24-13-10-3-4-19-6-11(10)22-8-23-13/h1-2,5,8,19H,3-4,6-7H2,(H,21,25)(H,20,22,23,24). The zero-order chi connectivity index (χ0) is 17.9. The molecular weight excluding hydrogens is 337 g/mol. The van der Waals surface area contributed by atoms with Crippen molar-refractivity contribution in [2.24, 2.45) is 0 Å². The van der Waals surface area contributed by atoms with Crippen molar-refractivity contribution in [2.75, 3.05) is 18.4 Å². The molecule has 1 aliphatic heterocycles. The molecule has 10 heteroatoms. The summed E-state index contributed by atoms with van der Waals surface area (Å²) in [4.78, 5) is 24.1. The molecule has 0 radical (unpaired) electrons. The van der Waals surface area contributed by atoms with Crippen LogP contribution < -0.4 is 16.0 Å². The number of nitrogens with zero attached hydrogens (tertiary/aromatic N) is 3. The molecule has 3 rings (SSSR count). The molecule has 1 amide bonds. The van der Waals surface area contributed by atoms with E-state index in [1.54, 1.807) is 5.32 Å². The third-order valence-corrected chi connectivity index (χ3v) is 3.60. The van der Waals surface area contributed by atoms with Gasteiger partial charge in [0.15, 0.2) is 0 Å². The van der Waals surface area contributed by atoms with Gasteiger partial charge in [0.2, 0.25) is 0 Å². The second kappa shape index (κ2) is 7.01. The Balaban J connectivity index is 1.68.